The van der Waals surface area contributed by atoms with Crippen molar-refractivity contribution in [1.29, 1.82) is 0 Å². The van der Waals surface area contributed by atoms with Gasteiger partial charge in [0.15, 0.2) is 11.5 Å². The molecular formula is C23H26N2O6. The summed E-state index contributed by atoms with van der Waals surface area (Å²) in [5.74, 6) is 0.765. The first-order valence-electron chi connectivity index (χ1n) is 9.77. The molecule has 2 N–H and O–H groups in total. The third-order valence-electron chi connectivity index (χ3n) is 4.74. The van der Waals surface area contributed by atoms with Gasteiger partial charge in [0.05, 0.1) is 44.7 Å². The Morgan fingerprint density at radius 1 is 0.935 bits per heavy atom. The summed E-state index contributed by atoms with van der Waals surface area (Å²) in [6.07, 6.45) is -0.345. The van der Waals surface area contributed by atoms with E-state index in [0.717, 1.165) is 0 Å². The lowest BCUT2D eigenvalue weighted by molar-refractivity contribution is -0.143. The van der Waals surface area contributed by atoms with Crippen LogP contribution >= 0.6 is 0 Å². The summed E-state index contributed by atoms with van der Waals surface area (Å²) in [5.41, 5.74) is 1.83. The number of esters is 1. The molecule has 2 amide bonds. The Labute approximate surface area is 181 Å². The third kappa shape index (κ3) is 4.58. The number of benzene rings is 2. The number of nitrogens with one attached hydrogen (secondary N) is 2. The standard InChI is InChI=1S/C23H26N2O6/c1-13(2)31-22(26)19-20(14-9-7-6-8-10-14)24-23(27)25-21(19)15-11-17(29-4)18(30-5)12-16(15)28-3/h6-13,21H,1-5H3,(H2,24,25,27). The van der Waals surface area contributed by atoms with E-state index in [4.69, 9.17) is 18.9 Å². The van der Waals surface area contributed by atoms with E-state index in [1.807, 2.05) is 30.3 Å². The molecule has 1 heterocycles. The van der Waals surface area contributed by atoms with Gasteiger partial charge >= 0.3 is 12.0 Å². The first-order chi connectivity index (χ1) is 14.9. The van der Waals surface area contributed by atoms with Crippen molar-refractivity contribution in [2.75, 3.05) is 21.3 Å². The molecule has 8 nitrogen and oxygen atoms in total. The monoisotopic (exact) mass is 426 g/mol. The minimum atomic E-state index is -0.843. The summed E-state index contributed by atoms with van der Waals surface area (Å²) in [7, 11) is 4.53. The lowest BCUT2D eigenvalue weighted by atomic mass is 9.91. The zero-order valence-corrected chi connectivity index (χ0v) is 18.1. The maximum absolute atomic E-state index is 13.2. The number of ether oxygens (including phenoxy) is 4. The number of urea groups is 1. The second-order valence-electron chi connectivity index (χ2n) is 7.09. The molecule has 0 saturated heterocycles. The van der Waals surface area contributed by atoms with Crippen LogP contribution in [0.25, 0.3) is 5.70 Å². The second-order valence-corrected chi connectivity index (χ2v) is 7.09. The topological polar surface area (TPSA) is 95.1 Å². The Morgan fingerprint density at radius 2 is 1.55 bits per heavy atom. The molecular weight excluding hydrogens is 400 g/mol. The van der Waals surface area contributed by atoms with Crippen molar-refractivity contribution in [3.05, 3.63) is 59.2 Å². The van der Waals surface area contributed by atoms with Crippen molar-refractivity contribution in [2.45, 2.75) is 26.0 Å². The van der Waals surface area contributed by atoms with Crippen molar-refractivity contribution in [2.24, 2.45) is 0 Å². The van der Waals surface area contributed by atoms with E-state index in [1.165, 1.54) is 21.3 Å². The van der Waals surface area contributed by atoms with Crippen molar-refractivity contribution >= 4 is 17.7 Å². The van der Waals surface area contributed by atoms with Crippen LogP contribution in [0.2, 0.25) is 0 Å². The van der Waals surface area contributed by atoms with Crippen molar-refractivity contribution in [3.8, 4) is 17.2 Å². The quantitative estimate of drug-likeness (QED) is 0.659. The van der Waals surface area contributed by atoms with Crippen molar-refractivity contribution < 1.29 is 28.5 Å². The van der Waals surface area contributed by atoms with Gasteiger partial charge in [0.2, 0.25) is 0 Å². The van der Waals surface area contributed by atoms with E-state index in [0.29, 0.717) is 34.1 Å². The van der Waals surface area contributed by atoms with Gasteiger partial charge in [0.25, 0.3) is 0 Å². The number of carbonyl (C=O) groups is 2. The predicted octanol–water partition coefficient (Wildman–Crippen LogP) is 3.43. The molecule has 0 bridgehead atoms. The Morgan fingerprint density at radius 3 is 2.13 bits per heavy atom. The van der Waals surface area contributed by atoms with Crippen molar-refractivity contribution in [3.63, 3.8) is 0 Å². The molecule has 0 aliphatic carbocycles. The number of hydrogen-bond donors (Lipinski definition) is 2. The van der Waals surface area contributed by atoms with E-state index in [1.54, 1.807) is 26.0 Å². The van der Waals surface area contributed by atoms with Gasteiger partial charge in [-0.2, -0.15) is 0 Å². The summed E-state index contributed by atoms with van der Waals surface area (Å²) in [6.45, 7) is 3.53. The highest BCUT2D eigenvalue weighted by molar-refractivity contribution is 6.04. The molecule has 8 heteroatoms. The lowest BCUT2D eigenvalue weighted by Crippen LogP contribution is -2.45. The highest BCUT2D eigenvalue weighted by Crippen LogP contribution is 2.42. The number of rotatable bonds is 7. The average Bonchev–Trinajstić information content (AvgIpc) is 2.77. The fourth-order valence-corrected chi connectivity index (χ4v) is 3.41. The fourth-order valence-electron chi connectivity index (χ4n) is 3.41. The molecule has 2 aromatic rings. The third-order valence-corrected chi connectivity index (χ3v) is 4.74. The SMILES string of the molecule is COc1cc(OC)c(C2NC(=O)NC(c3ccccc3)=C2C(=O)OC(C)C)cc1OC. The van der Waals surface area contributed by atoms with Gasteiger partial charge in [0, 0.05) is 11.6 Å². The summed E-state index contributed by atoms with van der Waals surface area (Å²) in [4.78, 5) is 25.8. The molecule has 0 saturated carbocycles. The van der Waals surface area contributed by atoms with Crippen LogP contribution < -0.4 is 24.8 Å². The fraction of sp³-hybridized carbons (Fsp3) is 0.304. The first-order valence-corrected chi connectivity index (χ1v) is 9.77. The summed E-state index contributed by atoms with van der Waals surface area (Å²) >= 11 is 0. The zero-order chi connectivity index (χ0) is 22.5. The van der Waals surface area contributed by atoms with E-state index in [9.17, 15) is 9.59 Å². The van der Waals surface area contributed by atoms with Crippen LogP contribution in [-0.4, -0.2) is 39.4 Å². The second kappa shape index (κ2) is 9.42. The molecule has 0 aromatic heterocycles. The molecule has 0 fully saturated rings. The maximum atomic E-state index is 13.2. The molecule has 1 aliphatic heterocycles. The van der Waals surface area contributed by atoms with Crippen LogP contribution in [0, 0.1) is 0 Å². The lowest BCUT2D eigenvalue weighted by Gasteiger charge is -2.31. The number of carbonyl (C=O) groups excluding carboxylic acids is 2. The zero-order valence-electron chi connectivity index (χ0n) is 18.1. The van der Waals surface area contributed by atoms with Crippen LogP contribution in [0.1, 0.15) is 31.0 Å². The molecule has 164 valence electrons. The van der Waals surface area contributed by atoms with Crippen LogP contribution in [-0.2, 0) is 9.53 Å². The van der Waals surface area contributed by atoms with Gasteiger partial charge in [-0.3, -0.25) is 0 Å². The van der Waals surface area contributed by atoms with Crippen LogP contribution in [0.4, 0.5) is 4.79 Å². The van der Waals surface area contributed by atoms with E-state index >= 15 is 0 Å². The minimum absolute atomic E-state index is 0.255. The van der Waals surface area contributed by atoms with Gasteiger partial charge in [0.1, 0.15) is 5.75 Å². The number of hydrogen-bond acceptors (Lipinski definition) is 6. The molecule has 1 aliphatic rings. The van der Waals surface area contributed by atoms with Gasteiger partial charge in [-0.05, 0) is 25.5 Å². The Hall–Kier alpha value is -3.68. The van der Waals surface area contributed by atoms with E-state index < -0.39 is 18.0 Å². The Kier molecular flexibility index (Phi) is 6.69. The maximum Gasteiger partial charge on any atom is 0.338 e. The largest absolute Gasteiger partial charge is 0.496 e. The molecule has 1 unspecified atom stereocenters. The van der Waals surface area contributed by atoms with Gasteiger partial charge in [-0.15, -0.1) is 0 Å². The number of amides is 2. The summed E-state index contributed by atoms with van der Waals surface area (Å²) in [6, 6.07) is 11.2. The van der Waals surface area contributed by atoms with Gasteiger partial charge in [-0.1, -0.05) is 30.3 Å². The molecule has 3 rings (SSSR count). The van der Waals surface area contributed by atoms with Crippen LogP contribution in [0.5, 0.6) is 17.2 Å². The Balaban J connectivity index is 2.26. The smallest absolute Gasteiger partial charge is 0.338 e. The average molecular weight is 426 g/mol. The summed E-state index contributed by atoms with van der Waals surface area (Å²) < 4.78 is 21.8. The van der Waals surface area contributed by atoms with Crippen LogP contribution in [0.15, 0.2) is 48.0 Å². The van der Waals surface area contributed by atoms with Crippen molar-refractivity contribution in [1.82, 2.24) is 10.6 Å². The van der Waals surface area contributed by atoms with E-state index in [2.05, 4.69) is 10.6 Å². The molecule has 31 heavy (non-hydrogen) atoms. The molecule has 1 atom stereocenters. The highest BCUT2D eigenvalue weighted by atomic mass is 16.5. The van der Waals surface area contributed by atoms with Gasteiger partial charge in [-0.25, -0.2) is 9.59 Å². The summed E-state index contributed by atoms with van der Waals surface area (Å²) in [5, 5.41) is 5.57. The Bertz CT molecular complexity index is 1000. The predicted molar refractivity (Wildman–Crippen MR) is 115 cm³/mol. The molecule has 2 aromatic carbocycles. The van der Waals surface area contributed by atoms with Gasteiger partial charge < -0.3 is 29.6 Å². The molecule has 0 radical (unpaired) electrons. The molecule has 0 spiro atoms. The van der Waals surface area contributed by atoms with E-state index in [-0.39, 0.29) is 11.7 Å². The van der Waals surface area contributed by atoms with Crippen LogP contribution in [0.3, 0.4) is 0 Å². The number of methoxy groups -OCH3 is 3. The highest BCUT2D eigenvalue weighted by Gasteiger charge is 2.37. The minimum Gasteiger partial charge on any atom is -0.496 e. The first kappa shape index (κ1) is 22.0. The normalized spacial score (nSPS) is 15.8.